The first kappa shape index (κ1) is 13.1. The van der Waals surface area contributed by atoms with E-state index in [4.69, 9.17) is 0 Å². The van der Waals surface area contributed by atoms with E-state index >= 15 is 0 Å². The Morgan fingerprint density at radius 2 is 2.00 bits per heavy atom. The molecule has 0 aliphatic rings. The van der Waals surface area contributed by atoms with E-state index in [9.17, 15) is 4.79 Å². The molecular weight excluding hydrogens is 288 g/mol. The lowest BCUT2D eigenvalue weighted by Crippen LogP contribution is -2.11. The van der Waals surface area contributed by atoms with Crippen molar-refractivity contribution in [2.75, 3.05) is 11.6 Å². The summed E-state index contributed by atoms with van der Waals surface area (Å²) in [6, 6.07) is 13.3. The quantitative estimate of drug-likeness (QED) is 0.734. The number of hydrogen-bond acceptors (Lipinski definition) is 4. The van der Waals surface area contributed by atoms with Crippen molar-refractivity contribution in [1.29, 1.82) is 0 Å². The van der Waals surface area contributed by atoms with E-state index in [1.165, 1.54) is 0 Å². The second-order valence-corrected chi connectivity index (χ2v) is 5.98. The molecular formula is C15H12N2OS2. The summed E-state index contributed by atoms with van der Waals surface area (Å²) in [7, 11) is 0. The number of amides is 1. The van der Waals surface area contributed by atoms with Crippen molar-refractivity contribution < 1.29 is 4.79 Å². The predicted octanol–water partition coefficient (Wildman–Crippen LogP) is 4.27. The van der Waals surface area contributed by atoms with Crippen LogP contribution in [0.15, 0.2) is 52.9 Å². The van der Waals surface area contributed by atoms with Gasteiger partial charge in [-0.1, -0.05) is 0 Å². The van der Waals surface area contributed by atoms with Gasteiger partial charge in [0.05, 0.1) is 15.7 Å². The molecule has 1 aromatic heterocycles. The summed E-state index contributed by atoms with van der Waals surface area (Å²) >= 11 is 3.25. The van der Waals surface area contributed by atoms with Crippen LogP contribution in [0.5, 0.6) is 0 Å². The number of rotatable bonds is 3. The number of aromatic nitrogens is 1. The Kier molecular flexibility index (Phi) is 3.71. The van der Waals surface area contributed by atoms with Gasteiger partial charge in [0, 0.05) is 16.1 Å². The Hall–Kier alpha value is -1.85. The molecule has 5 heteroatoms. The van der Waals surface area contributed by atoms with E-state index in [-0.39, 0.29) is 5.91 Å². The Morgan fingerprint density at radius 1 is 1.20 bits per heavy atom. The lowest BCUT2D eigenvalue weighted by molar-refractivity contribution is 0.102. The Labute approximate surface area is 125 Å². The molecule has 3 rings (SSSR count). The summed E-state index contributed by atoms with van der Waals surface area (Å²) in [6.07, 6.45) is 2.01. The van der Waals surface area contributed by atoms with E-state index in [2.05, 4.69) is 10.3 Å². The van der Waals surface area contributed by atoms with Crippen LogP contribution in [0.3, 0.4) is 0 Å². The van der Waals surface area contributed by atoms with Crippen molar-refractivity contribution in [2.24, 2.45) is 0 Å². The lowest BCUT2D eigenvalue weighted by atomic mass is 10.2. The van der Waals surface area contributed by atoms with Gasteiger partial charge in [0.15, 0.2) is 0 Å². The molecule has 3 aromatic rings. The average molecular weight is 300 g/mol. The summed E-state index contributed by atoms with van der Waals surface area (Å²) in [5.74, 6) is -0.104. The van der Waals surface area contributed by atoms with Crippen LogP contribution in [0.25, 0.3) is 10.2 Å². The van der Waals surface area contributed by atoms with Crippen LogP contribution >= 0.6 is 23.1 Å². The third kappa shape index (κ3) is 2.69. The number of anilines is 1. The smallest absolute Gasteiger partial charge is 0.255 e. The van der Waals surface area contributed by atoms with Crippen molar-refractivity contribution in [3.63, 3.8) is 0 Å². The minimum atomic E-state index is -0.104. The number of carbonyl (C=O) groups excluding carboxylic acids is 1. The normalized spacial score (nSPS) is 10.7. The van der Waals surface area contributed by atoms with Crippen LogP contribution in [-0.4, -0.2) is 17.1 Å². The first-order valence-corrected chi connectivity index (χ1v) is 8.15. The highest BCUT2D eigenvalue weighted by molar-refractivity contribution is 7.98. The Bertz CT molecular complexity index is 750. The molecule has 100 valence electrons. The highest BCUT2D eigenvalue weighted by Gasteiger charge is 2.07. The third-order valence-corrected chi connectivity index (χ3v) is 4.49. The predicted molar refractivity (Wildman–Crippen MR) is 85.8 cm³/mol. The molecule has 0 atom stereocenters. The van der Waals surface area contributed by atoms with Crippen LogP contribution in [0.2, 0.25) is 0 Å². The summed E-state index contributed by atoms with van der Waals surface area (Å²) in [5, 5.41) is 2.90. The van der Waals surface area contributed by atoms with Gasteiger partial charge in [-0.05, 0) is 48.7 Å². The van der Waals surface area contributed by atoms with Crippen molar-refractivity contribution in [1.82, 2.24) is 4.98 Å². The van der Waals surface area contributed by atoms with E-state index in [1.54, 1.807) is 28.6 Å². The molecule has 0 spiro atoms. The fourth-order valence-electron chi connectivity index (χ4n) is 1.88. The van der Waals surface area contributed by atoms with Crippen LogP contribution in [-0.2, 0) is 0 Å². The molecule has 0 saturated carbocycles. The minimum Gasteiger partial charge on any atom is -0.322 e. The molecule has 0 unspecified atom stereocenters. The SMILES string of the molecule is CSc1ccc(C(=O)Nc2ccc3scnc3c2)cc1. The standard InChI is InChI=1S/C15H12N2OS2/c1-19-12-5-2-10(3-6-12)15(18)17-11-4-7-14-13(8-11)16-9-20-14/h2-9H,1H3,(H,17,18). The molecule has 2 aromatic carbocycles. The topological polar surface area (TPSA) is 42.0 Å². The van der Waals surface area contributed by atoms with Gasteiger partial charge in [-0.3, -0.25) is 4.79 Å². The largest absolute Gasteiger partial charge is 0.322 e. The zero-order valence-corrected chi connectivity index (χ0v) is 12.4. The number of benzene rings is 2. The van der Waals surface area contributed by atoms with Gasteiger partial charge < -0.3 is 5.32 Å². The zero-order valence-electron chi connectivity index (χ0n) is 10.8. The van der Waals surface area contributed by atoms with Gasteiger partial charge >= 0.3 is 0 Å². The molecule has 0 aliphatic carbocycles. The Morgan fingerprint density at radius 3 is 2.75 bits per heavy atom. The highest BCUT2D eigenvalue weighted by atomic mass is 32.2. The highest BCUT2D eigenvalue weighted by Crippen LogP contribution is 2.22. The van der Waals surface area contributed by atoms with Gasteiger partial charge in [-0.15, -0.1) is 23.1 Å². The average Bonchev–Trinajstić information content (AvgIpc) is 2.95. The van der Waals surface area contributed by atoms with E-state index in [0.29, 0.717) is 5.56 Å². The number of thiazole rings is 1. The Balaban J connectivity index is 1.80. The van der Waals surface area contributed by atoms with Crippen LogP contribution in [0.4, 0.5) is 5.69 Å². The number of carbonyl (C=O) groups is 1. The fraction of sp³-hybridized carbons (Fsp3) is 0.0667. The number of nitrogens with one attached hydrogen (secondary N) is 1. The summed E-state index contributed by atoms with van der Waals surface area (Å²) < 4.78 is 1.12. The van der Waals surface area contributed by atoms with Gasteiger partial charge in [0.1, 0.15) is 0 Å². The second-order valence-electron chi connectivity index (χ2n) is 4.22. The van der Waals surface area contributed by atoms with Crippen LogP contribution in [0, 0.1) is 0 Å². The van der Waals surface area contributed by atoms with Crippen molar-refractivity contribution in [3.05, 3.63) is 53.5 Å². The molecule has 0 bridgehead atoms. The molecule has 1 amide bonds. The maximum absolute atomic E-state index is 12.2. The van der Waals surface area contributed by atoms with Crippen molar-refractivity contribution in [2.45, 2.75) is 4.90 Å². The van der Waals surface area contributed by atoms with Crippen molar-refractivity contribution >= 4 is 44.9 Å². The number of fused-ring (bicyclic) bond motifs is 1. The first-order valence-electron chi connectivity index (χ1n) is 6.05. The second kappa shape index (κ2) is 5.64. The maximum atomic E-state index is 12.2. The molecule has 1 heterocycles. The van der Waals surface area contributed by atoms with Gasteiger partial charge in [-0.2, -0.15) is 0 Å². The molecule has 20 heavy (non-hydrogen) atoms. The molecule has 3 nitrogen and oxygen atoms in total. The first-order chi connectivity index (χ1) is 9.76. The third-order valence-electron chi connectivity index (χ3n) is 2.94. The molecule has 0 fully saturated rings. The van der Waals surface area contributed by atoms with Crippen LogP contribution < -0.4 is 5.32 Å². The zero-order chi connectivity index (χ0) is 13.9. The molecule has 0 aliphatic heterocycles. The number of thioether (sulfide) groups is 1. The monoisotopic (exact) mass is 300 g/mol. The van der Waals surface area contributed by atoms with Crippen molar-refractivity contribution in [3.8, 4) is 0 Å². The molecule has 0 saturated heterocycles. The maximum Gasteiger partial charge on any atom is 0.255 e. The number of hydrogen-bond donors (Lipinski definition) is 1. The summed E-state index contributed by atoms with van der Waals surface area (Å²) in [5.41, 5.74) is 4.13. The lowest BCUT2D eigenvalue weighted by Gasteiger charge is -2.05. The molecule has 0 radical (unpaired) electrons. The van der Waals surface area contributed by atoms with Gasteiger partial charge in [0.2, 0.25) is 0 Å². The van der Waals surface area contributed by atoms with E-state index in [1.807, 2.05) is 48.7 Å². The van der Waals surface area contributed by atoms with E-state index in [0.717, 1.165) is 20.8 Å². The minimum absolute atomic E-state index is 0.104. The fourth-order valence-corrected chi connectivity index (χ4v) is 2.95. The molecule has 1 N–H and O–H groups in total. The summed E-state index contributed by atoms with van der Waals surface area (Å²) in [6.45, 7) is 0. The van der Waals surface area contributed by atoms with Gasteiger partial charge in [0.25, 0.3) is 5.91 Å². The number of nitrogens with zero attached hydrogens (tertiary/aromatic N) is 1. The van der Waals surface area contributed by atoms with E-state index < -0.39 is 0 Å². The summed E-state index contributed by atoms with van der Waals surface area (Å²) in [4.78, 5) is 17.5. The van der Waals surface area contributed by atoms with Crippen LogP contribution in [0.1, 0.15) is 10.4 Å². The van der Waals surface area contributed by atoms with Gasteiger partial charge in [-0.25, -0.2) is 4.98 Å².